The summed E-state index contributed by atoms with van der Waals surface area (Å²) in [5.41, 5.74) is 2.05. The predicted octanol–water partition coefficient (Wildman–Crippen LogP) is 4.84. The van der Waals surface area contributed by atoms with Crippen LogP contribution in [0, 0.1) is 13.8 Å². The molecule has 0 aliphatic rings. The van der Waals surface area contributed by atoms with Crippen LogP contribution in [0.25, 0.3) is 0 Å². The van der Waals surface area contributed by atoms with Crippen molar-refractivity contribution in [1.29, 1.82) is 0 Å². The summed E-state index contributed by atoms with van der Waals surface area (Å²) in [6, 6.07) is 0. The predicted molar refractivity (Wildman–Crippen MR) is 77.1 cm³/mol. The van der Waals surface area contributed by atoms with Crippen molar-refractivity contribution in [3.8, 4) is 0 Å². The van der Waals surface area contributed by atoms with Gasteiger partial charge in [0.25, 0.3) is 0 Å². The van der Waals surface area contributed by atoms with E-state index in [4.69, 9.17) is 4.52 Å². The van der Waals surface area contributed by atoms with Crippen molar-refractivity contribution in [2.75, 3.05) is 11.9 Å². The van der Waals surface area contributed by atoms with Crippen molar-refractivity contribution in [3.05, 3.63) is 11.5 Å². The van der Waals surface area contributed by atoms with Gasteiger partial charge in [-0.1, -0.05) is 57.0 Å². The number of hydrogen-bond donors (Lipinski definition) is 1. The number of nitrogens with zero attached hydrogens (tertiary/aromatic N) is 1. The molecule has 0 aliphatic carbocycles. The van der Waals surface area contributed by atoms with Crippen LogP contribution in [0.1, 0.15) is 69.7 Å². The highest BCUT2D eigenvalue weighted by Gasteiger charge is 2.06. The van der Waals surface area contributed by atoms with Crippen LogP contribution in [0.2, 0.25) is 0 Å². The standard InChI is InChI=1S/C15H28N2O/c1-4-5-6-7-8-9-10-11-12-16-15-13(2)17-18-14(15)3/h16H,4-12H2,1-3H3. The van der Waals surface area contributed by atoms with E-state index < -0.39 is 0 Å². The van der Waals surface area contributed by atoms with Crippen LogP contribution in [0.5, 0.6) is 0 Å². The first-order chi connectivity index (χ1) is 8.75. The van der Waals surface area contributed by atoms with Crippen LogP contribution in [0.4, 0.5) is 5.69 Å². The molecule has 0 aromatic carbocycles. The molecule has 3 heteroatoms. The fraction of sp³-hybridized carbons (Fsp3) is 0.800. The molecule has 1 N–H and O–H groups in total. The molecule has 1 heterocycles. The van der Waals surface area contributed by atoms with E-state index in [-0.39, 0.29) is 0 Å². The maximum Gasteiger partial charge on any atom is 0.156 e. The zero-order valence-electron chi connectivity index (χ0n) is 12.2. The van der Waals surface area contributed by atoms with Crippen LogP contribution in [0.15, 0.2) is 4.52 Å². The average Bonchev–Trinajstić information content (AvgIpc) is 2.68. The molecule has 1 rings (SSSR count). The van der Waals surface area contributed by atoms with Crippen molar-refractivity contribution >= 4 is 5.69 Å². The summed E-state index contributed by atoms with van der Waals surface area (Å²) in [5.74, 6) is 0.895. The molecule has 0 aliphatic heterocycles. The number of nitrogens with one attached hydrogen (secondary N) is 1. The molecule has 0 fully saturated rings. The second-order valence-corrected chi connectivity index (χ2v) is 5.10. The Morgan fingerprint density at radius 1 is 0.944 bits per heavy atom. The quantitative estimate of drug-likeness (QED) is 0.605. The van der Waals surface area contributed by atoms with Gasteiger partial charge >= 0.3 is 0 Å². The normalized spacial score (nSPS) is 10.8. The molecule has 1 aromatic heterocycles. The maximum atomic E-state index is 5.12. The van der Waals surface area contributed by atoms with Gasteiger partial charge in [0.2, 0.25) is 0 Å². The molecule has 0 atom stereocenters. The first-order valence-corrected chi connectivity index (χ1v) is 7.42. The van der Waals surface area contributed by atoms with Crippen molar-refractivity contribution in [2.24, 2.45) is 0 Å². The van der Waals surface area contributed by atoms with Gasteiger partial charge < -0.3 is 9.84 Å². The second-order valence-electron chi connectivity index (χ2n) is 5.10. The smallest absolute Gasteiger partial charge is 0.156 e. The van der Waals surface area contributed by atoms with Gasteiger partial charge in [-0.15, -0.1) is 0 Å². The summed E-state index contributed by atoms with van der Waals surface area (Å²) < 4.78 is 5.12. The number of rotatable bonds is 10. The molecule has 0 saturated heterocycles. The van der Waals surface area contributed by atoms with E-state index in [2.05, 4.69) is 17.4 Å². The molecule has 0 spiro atoms. The zero-order valence-corrected chi connectivity index (χ0v) is 12.2. The highest BCUT2D eigenvalue weighted by atomic mass is 16.5. The van der Waals surface area contributed by atoms with E-state index >= 15 is 0 Å². The number of aryl methyl sites for hydroxylation is 2. The zero-order chi connectivity index (χ0) is 13.2. The van der Waals surface area contributed by atoms with E-state index in [9.17, 15) is 0 Å². The van der Waals surface area contributed by atoms with Gasteiger partial charge in [0.05, 0.1) is 0 Å². The van der Waals surface area contributed by atoms with E-state index in [1.165, 1.54) is 51.4 Å². The van der Waals surface area contributed by atoms with Crippen molar-refractivity contribution in [3.63, 3.8) is 0 Å². The molecule has 0 amide bonds. The third-order valence-electron chi connectivity index (χ3n) is 3.37. The monoisotopic (exact) mass is 252 g/mol. The fourth-order valence-corrected chi connectivity index (χ4v) is 2.21. The summed E-state index contributed by atoms with van der Waals surface area (Å²) in [7, 11) is 0. The lowest BCUT2D eigenvalue weighted by atomic mass is 10.1. The molecule has 104 valence electrons. The average molecular weight is 252 g/mol. The summed E-state index contributed by atoms with van der Waals surface area (Å²) in [4.78, 5) is 0. The van der Waals surface area contributed by atoms with E-state index in [0.717, 1.165) is 23.7 Å². The van der Waals surface area contributed by atoms with E-state index in [0.29, 0.717) is 0 Å². The summed E-state index contributed by atoms with van der Waals surface area (Å²) >= 11 is 0. The van der Waals surface area contributed by atoms with Crippen molar-refractivity contribution < 1.29 is 4.52 Å². The Balaban J connectivity index is 1.96. The lowest BCUT2D eigenvalue weighted by molar-refractivity contribution is 0.393. The van der Waals surface area contributed by atoms with Crippen LogP contribution in [0.3, 0.4) is 0 Å². The minimum absolute atomic E-state index is 0.895. The SMILES string of the molecule is CCCCCCCCCCNc1c(C)noc1C. The molecule has 0 bridgehead atoms. The van der Waals surface area contributed by atoms with Gasteiger partial charge in [0, 0.05) is 6.54 Å². The van der Waals surface area contributed by atoms with Crippen LogP contribution in [-0.4, -0.2) is 11.7 Å². The minimum Gasteiger partial charge on any atom is -0.381 e. The van der Waals surface area contributed by atoms with Gasteiger partial charge in [0.15, 0.2) is 5.76 Å². The lowest BCUT2D eigenvalue weighted by Crippen LogP contribution is -2.02. The Kier molecular flexibility index (Phi) is 7.54. The van der Waals surface area contributed by atoms with Gasteiger partial charge in [-0.3, -0.25) is 0 Å². The summed E-state index contributed by atoms with van der Waals surface area (Å²) in [6.45, 7) is 7.22. The van der Waals surface area contributed by atoms with E-state index in [1.807, 2.05) is 13.8 Å². The third kappa shape index (κ3) is 5.56. The molecular weight excluding hydrogens is 224 g/mol. The molecule has 1 aromatic rings. The number of hydrogen-bond acceptors (Lipinski definition) is 3. The van der Waals surface area contributed by atoms with Gasteiger partial charge in [0.1, 0.15) is 11.4 Å². The molecule has 18 heavy (non-hydrogen) atoms. The van der Waals surface area contributed by atoms with Gasteiger partial charge in [-0.25, -0.2) is 0 Å². The topological polar surface area (TPSA) is 38.1 Å². The molecular formula is C15H28N2O. The molecule has 0 unspecified atom stereocenters. The first kappa shape index (κ1) is 15.1. The molecule has 0 radical (unpaired) electrons. The largest absolute Gasteiger partial charge is 0.381 e. The van der Waals surface area contributed by atoms with Crippen LogP contribution >= 0.6 is 0 Å². The van der Waals surface area contributed by atoms with Gasteiger partial charge in [-0.2, -0.15) is 0 Å². The second kappa shape index (κ2) is 9.01. The summed E-state index contributed by atoms with van der Waals surface area (Å²) in [6.07, 6.45) is 10.9. The van der Waals surface area contributed by atoms with Crippen LogP contribution < -0.4 is 5.32 Å². The van der Waals surface area contributed by atoms with Gasteiger partial charge in [-0.05, 0) is 20.3 Å². The Hall–Kier alpha value is -0.990. The Morgan fingerprint density at radius 2 is 1.56 bits per heavy atom. The Bertz CT molecular complexity index is 301. The Labute approximate surface area is 111 Å². The summed E-state index contributed by atoms with van der Waals surface area (Å²) in [5, 5.41) is 7.35. The number of unbranched alkanes of at least 4 members (excludes halogenated alkanes) is 7. The fourth-order valence-electron chi connectivity index (χ4n) is 2.21. The van der Waals surface area contributed by atoms with Crippen LogP contribution in [-0.2, 0) is 0 Å². The molecule has 0 saturated carbocycles. The molecule has 3 nitrogen and oxygen atoms in total. The highest BCUT2D eigenvalue weighted by Crippen LogP contribution is 2.18. The minimum atomic E-state index is 0.895. The third-order valence-corrected chi connectivity index (χ3v) is 3.37. The van der Waals surface area contributed by atoms with Crippen molar-refractivity contribution in [2.45, 2.75) is 72.1 Å². The number of aromatic nitrogens is 1. The van der Waals surface area contributed by atoms with E-state index in [1.54, 1.807) is 0 Å². The first-order valence-electron chi connectivity index (χ1n) is 7.42. The maximum absolute atomic E-state index is 5.12. The van der Waals surface area contributed by atoms with Crippen molar-refractivity contribution in [1.82, 2.24) is 5.16 Å². The highest BCUT2D eigenvalue weighted by molar-refractivity contribution is 5.49. The number of anilines is 1. The Morgan fingerprint density at radius 3 is 2.11 bits per heavy atom. The lowest BCUT2D eigenvalue weighted by Gasteiger charge is -2.05.